The zero-order chi connectivity index (χ0) is 18.2. The van der Waals surface area contributed by atoms with E-state index in [1.54, 1.807) is 12.1 Å². The maximum Gasteiger partial charge on any atom is 0.241 e. The molecule has 1 aromatic rings. The van der Waals surface area contributed by atoms with Gasteiger partial charge in [-0.05, 0) is 55.7 Å². The van der Waals surface area contributed by atoms with E-state index in [2.05, 4.69) is 5.32 Å². The van der Waals surface area contributed by atoms with Crippen LogP contribution in [0.15, 0.2) is 18.2 Å². The molecule has 0 aromatic heterocycles. The minimum Gasteiger partial charge on any atom is -0.495 e. The Hall–Kier alpha value is -1.76. The van der Waals surface area contributed by atoms with E-state index in [1.807, 2.05) is 13.0 Å². The maximum atomic E-state index is 12.5. The van der Waals surface area contributed by atoms with Crippen LogP contribution in [-0.2, 0) is 14.8 Å². The van der Waals surface area contributed by atoms with E-state index in [1.165, 1.54) is 20.0 Å². The van der Waals surface area contributed by atoms with E-state index in [9.17, 15) is 13.2 Å². The molecule has 0 unspecified atom stereocenters. The van der Waals surface area contributed by atoms with Gasteiger partial charge >= 0.3 is 0 Å². The van der Waals surface area contributed by atoms with Gasteiger partial charge in [-0.25, -0.2) is 8.42 Å². The summed E-state index contributed by atoms with van der Waals surface area (Å²) in [5.41, 5.74) is 1.30. The van der Waals surface area contributed by atoms with Crippen LogP contribution in [-0.4, -0.2) is 40.3 Å². The minimum atomic E-state index is -3.61. The number of fused-ring (bicyclic) bond motifs is 2. The van der Waals surface area contributed by atoms with Crippen LogP contribution >= 0.6 is 0 Å². The number of benzene rings is 1. The summed E-state index contributed by atoms with van der Waals surface area (Å²) in [5, 5.41) is 3.05. The molecule has 2 aliphatic rings. The first-order valence-electron chi connectivity index (χ1n) is 8.69. The number of carbonyl (C=O) groups excluding carboxylic acids is 1. The average Bonchev–Trinajstić information content (AvgIpc) is 3.14. The second kappa shape index (κ2) is 6.86. The van der Waals surface area contributed by atoms with Gasteiger partial charge in [-0.3, -0.25) is 9.10 Å². The number of carbonyl (C=O) groups is 1. The normalized spacial score (nSPS) is 25.0. The zero-order valence-electron chi connectivity index (χ0n) is 15.0. The van der Waals surface area contributed by atoms with Gasteiger partial charge in [0.1, 0.15) is 12.3 Å². The molecule has 0 aliphatic heterocycles. The van der Waals surface area contributed by atoms with Crippen molar-refractivity contribution >= 4 is 21.6 Å². The Labute approximate surface area is 149 Å². The Morgan fingerprint density at radius 2 is 2.08 bits per heavy atom. The zero-order valence-corrected chi connectivity index (χ0v) is 15.8. The Morgan fingerprint density at radius 3 is 2.64 bits per heavy atom. The number of methoxy groups -OCH3 is 1. The Bertz CT molecular complexity index is 762. The van der Waals surface area contributed by atoms with Crippen molar-refractivity contribution < 1.29 is 17.9 Å². The summed E-state index contributed by atoms with van der Waals surface area (Å²) >= 11 is 0. The molecule has 0 radical (unpaired) electrons. The SMILES string of the molecule is COc1ccc(C)cc1N(CC(=O)N[C@@H]1C[C@H]2CC[C@H]1C2)S(C)(=O)=O. The molecule has 2 aliphatic carbocycles. The molecule has 2 fully saturated rings. The number of ether oxygens (including phenoxy) is 1. The molecule has 138 valence electrons. The van der Waals surface area contributed by atoms with E-state index >= 15 is 0 Å². The van der Waals surface area contributed by atoms with Gasteiger partial charge in [-0.15, -0.1) is 0 Å². The largest absolute Gasteiger partial charge is 0.495 e. The lowest BCUT2D eigenvalue weighted by molar-refractivity contribution is -0.120. The number of hydrogen-bond acceptors (Lipinski definition) is 4. The lowest BCUT2D eigenvalue weighted by Crippen LogP contribution is -2.45. The maximum absolute atomic E-state index is 12.5. The van der Waals surface area contributed by atoms with Crippen LogP contribution in [0.2, 0.25) is 0 Å². The third-order valence-corrected chi connectivity index (χ3v) is 6.50. The number of nitrogens with zero attached hydrogens (tertiary/aromatic N) is 1. The van der Waals surface area contributed by atoms with Gasteiger partial charge in [0, 0.05) is 6.04 Å². The molecule has 3 rings (SSSR count). The summed E-state index contributed by atoms with van der Waals surface area (Å²) in [7, 11) is -2.12. The molecule has 3 atom stereocenters. The van der Waals surface area contributed by atoms with E-state index < -0.39 is 10.0 Å². The van der Waals surface area contributed by atoms with Gasteiger partial charge in [0.05, 0.1) is 19.1 Å². The topological polar surface area (TPSA) is 75.7 Å². The van der Waals surface area contributed by atoms with Gasteiger partial charge in [0.15, 0.2) is 0 Å². The van der Waals surface area contributed by atoms with Crippen molar-refractivity contribution in [2.45, 2.75) is 38.6 Å². The highest BCUT2D eigenvalue weighted by atomic mass is 32.2. The van der Waals surface area contributed by atoms with Crippen molar-refractivity contribution in [3.8, 4) is 5.75 Å². The first-order chi connectivity index (χ1) is 11.8. The number of aryl methyl sites for hydroxylation is 1. The number of anilines is 1. The molecule has 1 N–H and O–H groups in total. The van der Waals surface area contributed by atoms with Crippen molar-refractivity contribution in [2.24, 2.45) is 11.8 Å². The lowest BCUT2D eigenvalue weighted by atomic mass is 9.95. The summed E-state index contributed by atoms with van der Waals surface area (Å²) in [6.07, 6.45) is 5.74. The first-order valence-corrected chi connectivity index (χ1v) is 10.5. The van der Waals surface area contributed by atoms with E-state index in [0.717, 1.165) is 34.9 Å². The Kier molecular flexibility index (Phi) is 4.95. The van der Waals surface area contributed by atoms with Crippen LogP contribution in [0.1, 0.15) is 31.2 Å². The predicted octanol–water partition coefficient (Wildman–Crippen LogP) is 2.07. The molecule has 2 saturated carbocycles. The number of rotatable bonds is 6. The molecule has 1 aromatic carbocycles. The Morgan fingerprint density at radius 1 is 1.32 bits per heavy atom. The molecule has 0 saturated heterocycles. The fourth-order valence-electron chi connectivity index (χ4n) is 4.18. The average molecular weight is 366 g/mol. The summed E-state index contributed by atoms with van der Waals surface area (Å²) in [5.74, 6) is 1.45. The van der Waals surface area contributed by atoms with E-state index in [4.69, 9.17) is 4.74 Å². The monoisotopic (exact) mass is 366 g/mol. The molecule has 0 spiro atoms. The van der Waals surface area contributed by atoms with Gasteiger partial charge < -0.3 is 10.1 Å². The third kappa shape index (κ3) is 3.92. The third-order valence-electron chi connectivity index (χ3n) is 5.38. The molecule has 2 bridgehead atoms. The smallest absolute Gasteiger partial charge is 0.241 e. The molecule has 1 amide bonds. The number of hydrogen-bond donors (Lipinski definition) is 1. The summed E-state index contributed by atoms with van der Waals surface area (Å²) in [6, 6.07) is 5.48. The van der Waals surface area contributed by atoms with Crippen LogP contribution in [0.4, 0.5) is 5.69 Å². The molecular formula is C18H26N2O4S. The van der Waals surface area contributed by atoms with Crippen LogP contribution in [0, 0.1) is 18.8 Å². The summed E-state index contributed by atoms with van der Waals surface area (Å²) < 4.78 is 31.0. The molecule has 6 nitrogen and oxygen atoms in total. The van der Waals surface area contributed by atoms with Crippen LogP contribution in [0.25, 0.3) is 0 Å². The second-order valence-electron chi connectivity index (χ2n) is 7.29. The highest BCUT2D eigenvalue weighted by Gasteiger charge is 2.40. The summed E-state index contributed by atoms with van der Waals surface area (Å²) in [6.45, 7) is 1.64. The fourth-order valence-corrected chi connectivity index (χ4v) is 5.03. The van der Waals surface area contributed by atoms with E-state index in [-0.39, 0.29) is 18.5 Å². The molecule has 25 heavy (non-hydrogen) atoms. The van der Waals surface area contributed by atoms with Crippen LogP contribution in [0.3, 0.4) is 0 Å². The van der Waals surface area contributed by atoms with Gasteiger partial charge in [-0.1, -0.05) is 12.5 Å². The van der Waals surface area contributed by atoms with Crippen LogP contribution < -0.4 is 14.4 Å². The van der Waals surface area contributed by atoms with Crippen molar-refractivity contribution in [1.29, 1.82) is 0 Å². The van der Waals surface area contributed by atoms with Crippen molar-refractivity contribution in [3.63, 3.8) is 0 Å². The van der Waals surface area contributed by atoms with Gasteiger partial charge in [0.2, 0.25) is 15.9 Å². The molecular weight excluding hydrogens is 340 g/mol. The number of amides is 1. The van der Waals surface area contributed by atoms with Gasteiger partial charge in [0.25, 0.3) is 0 Å². The number of nitrogens with one attached hydrogen (secondary N) is 1. The quantitative estimate of drug-likeness (QED) is 0.836. The van der Waals surface area contributed by atoms with E-state index in [0.29, 0.717) is 17.4 Å². The lowest BCUT2D eigenvalue weighted by Gasteiger charge is -2.27. The Balaban J connectivity index is 1.78. The fraction of sp³-hybridized carbons (Fsp3) is 0.611. The molecule has 0 heterocycles. The molecule has 7 heteroatoms. The standard InChI is InChI=1S/C18H26N2O4S/c1-12-4-7-17(24-2)16(8-12)20(25(3,22)23)11-18(21)19-15-10-13-5-6-14(15)9-13/h4,7-8,13-15H,5-6,9-11H2,1-3H3,(H,19,21)/t13-,14-,15+/m0/s1. The second-order valence-corrected chi connectivity index (χ2v) is 9.20. The summed E-state index contributed by atoms with van der Waals surface area (Å²) in [4.78, 5) is 12.5. The highest BCUT2D eigenvalue weighted by Crippen LogP contribution is 2.44. The van der Waals surface area contributed by atoms with Crippen molar-refractivity contribution in [2.75, 3.05) is 24.2 Å². The van der Waals surface area contributed by atoms with Gasteiger partial charge in [-0.2, -0.15) is 0 Å². The number of sulfonamides is 1. The van der Waals surface area contributed by atoms with Crippen molar-refractivity contribution in [3.05, 3.63) is 23.8 Å². The van der Waals surface area contributed by atoms with Crippen LogP contribution in [0.5, 0.6) is 5.75 Å². The predicted molar refractivity (Wildman–Crippen MR) is 97.3 cm³/mol. The highest BCUT2D eigenvalue weighted by molar-refractivity contribution is 7.92. The minimum absolute atomic E-state index is 0.187. The van der Waals surface area contributed by atoms with Crippen molar-refractivity contribution in [1.82, 2.24) is 5.32 Å². The first kappa shape index (κ1) is 18.0.